The number of benzene rings is 2. The van der Waals surface area contributed by atoms with Crippen LogP contribution in [0, 0.1) is 0 Å². The Morgan fingerprint density at radius 3 is 2.14 bits per heavy atom. The molecule has 0 heterocycles. The van der Waals surface area contributed by atoms with Crippen molar-refractivity contribution >= 4 is 5.97 Å². The lowest BCUT2D eigenvalue weighted by Crippen LogP contribution is -2.49. The van der Waals surface area contributed by atoms with Crippen molar-refractivity contribution in [1.82, 2.24) is 5.32 Å². The van der Waals surface area contributed by atoms with Crippen LogP contribution in [0.5, 0.6) is 0 Å². The van der Waals surface area contributed by atoms with E-state index in [1.807, 2.05) is 74.5 Å². The third kappa shape index (κ3) is 3.55. The highest BCUT2D eigenvalue weighted by Crippen LogP contribution is 2.27. The molecule has 1 atom stereocenters. The van der Waals surface area contributed by atoms with E-state index in [0.29, 0.717) is 19.6 Å². The van der Waals surface area contributed by atoms with E-state index < -0.39 is 5.54 Å². The Balaban J connectivity index is 2.30. The minimum atomic E-state index is -0.812. The van der Waals surface area contributed by atoms with Crippen LogP contribution < -0.4 is 5.32 Å². The zero-order valence-corrected chi connectivity index (χ0v) is 13.2. The Morgan fingerprint density at radius 1 is 1.00 bits per heavy atom. The second kappa shape index (κ2) is 7.76. The predicted octanol–water partition coefficient (Wildman–Crippen LogP) is 3.64. The normalized spacial score (nSPS) is 13.4. The first-order valence-electron chi connectivity index (χ1n) is 7.74. The van der Waals surface area contributed by atoms with Crippen LogP contribution in [0.4, 0.5) is 0 Å². The first-order valence-corrected chi connectivity index (χ1v) is 7.74. The lowest BCUT2D eigenvalue weighted by Gasteiger charge is -2.32. The van der Waals surface area contributed by atoms with Gasteiger partial charge in [-0.15, -0.1) is 0 Å². The summed E-state index contributed by atoms with van der Waals surface area (Å²) in [5.74, 6) is -0.223. The van der Waals surface area contributed by atoms with Crippen LogP contribution in [0.25, 0.3) is 0 Å². The largest absolute Gasteiger partial charge is 0.464 e. The van der Waals surface area contributed by atoms with Gasteiger partial charge >= 0.3 is 5.97 Å². The Hall–Kier alpha value is -2.13. The number of rotatable bonds is 7. The molecule has 116 valence electrons. The molecule has 0 aliphatic heterocycles. The van der Waals surface area contributed by atoms with Crippen LogP contribution in [-0.2, 0) is 21.6 Å². The second-order valence-electron chi connectivity index (χ2n) is 5.18. The minimum Gasteiger partial charge on any atom is -0.464 e. The molecule has 0 saturated heterocycles. The smallest absolute Gasteiger partial charge is 0.330 e. The fraction of sp³-hybridized carbons (Fsp3) is 0.316. The summed E-state index contributed by atoms with van der Waals surface area (Å²) >= 11 is 0. The Labute approximate surface area is 132 Å². The van der Waals surface area contributed by atoms with Gasteiger partial charge in [-0.25, -0.2) is 4.79 Å². The molecule has 22 heavy (non-hydrogen) atoms. The zero-order chi connectivity index (χ0) is 15.8. The van der Waals surface area contributed by atoms with Crippen LogP contribution in [0.15, 0.2) is 60.7 Å². The number of carbonyl (C=O) groups excluding carboxylic acids is 1. The highest BCUT2D eigenvalue weighted by Gasteiger charge is 2.39. The minimum absolute atomic E-state index is 0.223. The third-order valence-corrected chi connectivity index (χ3v) is 3.86. The van der Waals surface area contributed by atoms with Gasteiger partial charge in [-0.2, -0.15) is 0 Å². The molecule has 0 radical (unpaired) electrons. The van der Waals surface area contributed by atoms with E-state index >= 15 is 0 Å². The maximum absolute atomic E-state index is 12.6. The SMILES string of the molecule is CCOC(=O)[C@@](CC)(NCc1ccccc1)c1ccccc1. The van der Waals surface area contributed by atoms with Gasteiger partial charge in [0.05, 0.1) is 6.61 Å². The molecule has 1 N–H and O–H groups in total. The van der Waals surface area contributed by atoms with Gasteiger partial charge in [-0.1, -0.05) is 67.6 Å². The first-order chi connectivity index (χ1) is 10.7. The molecule has 0 aliphatic rings. The molecular weight excluding hydrogens is 274 g/mol. The number of esters is 1. The number of ether oxygens (including phenoxy) is 1. The Kier molecular flexibility index (Phi) is 5.73. The lowest BCUT2D eigenvalue weighted by atomic mass is 9.87. The molecule has 0 aliphatic carbocycles. The fourth-order valence-electron chi connectivity index (χ4n) is 2.59. The quantitative estimate of drug-likeness (QED) is 0.793. The molecule has 0 fully saturated rings. The van der Waals surface area contributed by atoms with Crippen molar-refractivity contribution in [2.45, 2.75) is 32.4 Å². The van der Waals surface area contributed by atoms with E-state index in [1.54, 1.807) is 0 Å². The number of carbonyl (C=O) groups is 1. The Morgan fingerprint density at radius 2 is 1.59 bits per heavy atom. The number of nitrogens with one attached hydrogen (secondary N) is 1. The molecule has 0 saturated carbocycles. The summed E-state index contributed by atoms with van der Waals surface area (Å²) in [6.07, 6.45) is 0.628. The fourth-order valence-corrected chi connectivity index (χ4v) is 2.59. The van der Waals surface area contributed by atoms with Gasteiger partial charge in [-0.3, -0.25) is 5.32 Å². The van der Waals surface area contributed by atoms with Crippen LogP contribution in [0.1, 0.15) is 31.4 Å². The maximum Gasteiger partial charge on any atom is 0.330 e. The predicted molar refractivity (Wildman–Crippen MR) is 88.3 cm³/mol. The van der Waals surface area contributed by atoms with Crippen molar-refractivity contribution in [3.05, 3.63) is 71.8 Å². The van der Waals surface area contributed by atoms with Gasteiger partial charge in [0, 0.05) is 6.54 Å². The second-order valence-corrected chi connectivity index (χ2v) is 5.18. The topological polar surface area (TPSA) is 38.3 Å². The van der Waals surface area contributed by atoms with Crippen molar-refractivity contribution in [3.63, 3.8) is 0 Å². The number of hydrogen-bond donors (Lipinski definition) is 1. The van der Waals surface area contributed by atoms with Gasteiger partial charge in [0.15, 0.2) is 0 Å². The van der Waals surface area contributed by atoms with Crippen LogP contribution in [0.2, 0.25) is 0 Å². The molecular formula is C19H23NO2. The molecule has 2 aromatic rings. The zero-order valence-electron chi connectivity index (χ0n) is 13.2. The summed E-state index contributed by atoms with van der Waals surface area (Å²) in [5, 5.41) is 3.43. The average molecular weight is 297 g/mol. The van der Waals surface area contributed by atoms with Crippen molar-refractivity contribution < 1.29 is 9.53 Å². The van der Waals surface area contributed by atoms with E-state index in [4.69, 9.17) is 4.74 Å². The highest BCUT2D eigenvalue weighted by molar-refractivity contribution is 5.82. The standard InChI is InChI=1S/C19H23NO2/c1-3-19(18(21)22-4-2,17-13-9-6-10-14-17)20-15-16-11-7-5-8-12-16/h5-14,20H,3-4,15H2,1-2H3/t19-/m0/s1. The summed E-state index contributed by atoms with van der Waals surface area (Å²) in [4.78, 5) is 12.6. The average Bonchev–Trinajstić information content (AvgIpc) is 2.58. The molecule has 0 unspecified atom stereocenters. The molecule has 3 nitrogen and oxygen atoms in total. The summed E-state index contributed by atoms with van der Waals surface area (Å²) in [6, 6.07) is 19.9. The molecule has 3 heteroatoms. The first kappa shape index (κ1) is 16.2. The van der Waals surface area contributed by atoms with Crippen molar-refractivity contribution in [3.8, 4) is 0 Å². The molecule has 0 amide bonds. The van der Waals surface area contributed by atoms with E-state index in [9.17, 15) is 4.79 Å². The van der Waals surface area contributed by atoms with Gasteiger partial charge in [0.1, 0.15) is 5.54 Å². The molecule has 2 rings (SSSR count). The third-order valence-electron chi connectivity index (χ3n) is 3.86. The Bertz CT molecular complexity index is 583. The molecule has 0 aromatic heterocycles. The molecule has 2 aromatic carbocycles. The van der Waals surface area contributed by atoms with E-state index in [2.05, 4.69) is 5.32 Å². The summed E-state index contributed by atoms with van der Waals surface area (Å²) in [7, 11) is 0. The summed E-state index contributed by atoms with van der Waals surface area (Å²) in [5.41, 5.74) is 1.26. The maximum atomic E-state index is 12.6. The van der Waals surface area contributed by atoms with Gasteiger partial charge < -0.3 is 4.74 Å². The van der Waals surface area contributed by atoms with Gasteiger partial charge in [0.2, 0.25) is 0 Å². The monoisotopic (exact) mass is 297 g/mol. The lowest BCUT2D eigenvalue weighted by molar-refractivity contribution is -0.152. The van der Waals surface area contributed by atoms with Crippen molar-refractivity contribution in [1.29, 1.82) is 0 Å². The van der Waals surface area contributed by atoms with E-state index in [0.717, 1.165) is 11.1 Å². The summed E-state index contributed by atoms with van der Waals surface area (Å²) < 4.78 is 5.34. The van der Waals surface area contributed by atoms with E-state index in [-0.39, 0.29) is 5.97 Å². The van der Waals surface area contributed by atoms with Crippen LogP contribution in [0.3, 0.4) is 0 Å². The van der Waals surface area contributed by atoms with Crippen molar-refractivity contribution in [2.75, 3.05) is 6.61 Å². The van der Waals surface area contributed by atoms with Crippen molar-refractivity contribution in [2.24, 2.45) is 0 Å². The van der Waals surface area contributed by atoms with Crippen LogP contribution in [-0.4, -0.2) is 12.6 Å². The summed E-state index contributed by atoms with van der Waals surface area (Å²) in [6.45, 7) is 4.82. The van der Waals surface area contributed by atoms with Crippen LogP contribution >= 0.6 is 0 Å². The highest BCUT2D eigenvalue weighted by atomic mass is 16.5. The molecule has 0 spiro atoms. The number of hydrogen-bond acceptors (Lipinski definition) is 3. The van der Waals surface area contributed by atoms with Gasteiger partial charge in [0.25, 0.3) is 0 Å². The molecule has 0 bridgehead atoms. The van der Waals surface area contributed by atoms with Gasteiger partial charge in [-0.05, 0) is 24.5 Å². The van der Waals surface area contributed by atoms with E-state index in [1.165, 1.54) is 0 Å².